The van der Waals surface area contributed by atoms with Crippen molar-refractivity contribution in [3.8, 4) is 5.75 Å². The Morgan fingerprint density at radius 2 is 2.20 bits per heavy atom. The van der Waals surface area contributed by atoms with Gasteiger partial charge in [-0.05, 0) is 18.6 Å². The minimum Gasteiger partial charge on any atom is -0.508 e. The maximum atomic E-state index is 9.55. The Balaban J connectivity index is 0.00000112. The van der Waals surface area contributed by atoms with Crippen LogP contribution in [0, 0.1) is 0 Å². The molecular weight excluding hydrogens is 214 g/mol. The lowest BCUT2D eigenvalue weighted by molar-refractivity contribution is 0.100. The molecule has 0 saturated carbocycles. The fraction of sp³-hybridized carbons (Fsp3) is 0.455. The van der Waals surface area contributed by atoms with Gasteiger partial charge in [-0.2, -0.15) is 0 Å². The lowest BCUT2D eigenvalue weighted by Gasteiger charge is -2.11. The molecule has 0 aliphatic carbocycles. The van der Waals surface area contributed by atoms with Crippen molar-refractivity contribution < 1.29 is 9.84 Å². The van der Waals surface area contributed by atoms with Gasteiger partial charge < -0.3 is 9.84 Å². The maximum absolute atomic E-state index is 9.55. The molecule has 0 bridgehead atoms. The monoisotopic (exact) mass is 229 g/mol. The molecule has 3 nitrogen and oxygen atoms in total. The Morgan fingerprint density at radius 1 is 1.47 bits per heavy atom. The Morgan fingerprint density at radius 3 is 2.80 bits per heavy atom. The summed E-state index contributed by atoms with van der Waals surface area (Å²) in [4.78, 5) is 0. The Hall–Kier alpha value is -0.770. The van der Waals surface area contributed by atoms with E-state index in [1.807, 2.05) is 18.2 Å². The summed E-state index contributed by atoms with van der Waals surface area (Å²) in [6.07, 6.45) is 0.759. The van der Waals surface area contributed by atoms with Gasteiger partial charge in [0, 0.05) is 12.5 Å². The maximum Gasteiger partial charge on any atom is 0.118 e. The molecule has 2 rings (SSSR count). The zero-order valence-corrected chi connectivity index (χ0v) is 9.46. The second-order valence-corrected chi connectivity index (χ2v) is 3.72. The van der Waals surface area contributed by atoms with Gasteiger partial charge in [-0.25, -0.2) is 0 Å². The Bertz CT molecular complexity index is 319. The first-order valence-corrected chi connectivity index (χ1v) is 4.90. The molecule has 1 aromatic carbocycles. The van der Waals surface area contributed by atoms with Crippen LogP contribution in [-0.4, -0.2) is 24.0 Å². The number of rotatable bonds is 2. The minimum absolute atomic E-state index is 0. The normalized spacial score (nSPS) is 24.9. The van der Waals surface area contributed by atoms with E-state index in [1.54, 1.807) is 6.07 Å². The third kappa shape index (κ3) is 3.09. The molecule has 1 saturated heterocycles. The second-order valence-electron chi connectivity index (χ2n) is 3.72. The standard InChI is InChI=1S/C11H15NO2.ClH/c1-8-7-14-11(12-8)6-9-4-2-3-5-10(9)13;/h2-5,8,11-13H,6-7H2,1H3;1H. The van der Waals surface area contributed by atoms with Gasteiger partial charge in [-0.1, -0.05) is 18.2 Å². The van der Waals surface area contributed by atoms with E-state index in [1.165, 1.54) is 0 Å². The van der Waals surface area contributed by atoms with Crippen LogP contribution in [0.2, 0.25) is 0 Å². The fourth-order valence-corrected chi connectivity index (χ4v) is 1.68. The van der Waals surface area contributed by atoms with Crippen molar-refractivity contribution in [1.82, 2.24) is 5.32 Å². The fourth-order valence-electron chi connectivity index (χ4n) is 1.68. The molecule has 84 valence electrons. The summed E-state index contributed by atoms with van der Waals surface area (Å²) in [6, 6.07) is 7.78. The predicted octanol–water partition coefficient (Wildman–Crippen LogP) is 1.69. The number of nitrogens with one attached hydrogen (secondary N) is 1. The van der Waals surface area contributed by atoms with E-state index < -0.39 is 0 Å². The third-order valence-corrected chi connectivity index (χ3v) is 2.41. The van der Waals surface area contributed by atoms with Gasteiger partial charge in [0.05, 0.1) is 6.61 Å². The zero-order chi connectivity index (χ0) is 9.97. The number of phenolic OH excluding ortho intramolecular Hbond substituents is 1. The molecule has 1 heterocycles. The molecule has 2 unspecified atom stereocenters. The van der Waals surface area contributed by atoms with E-state index in [0.717, 1.165) is 18.6 Å². The molecule has 0 aromatic heterocycles. The molecule has 1 fully saturated rings. The summed E-state index contributed by atoms with van der Waals surface area (Å²) in [6.45, 7) is 2.84. The van der Waals surface area contributed by atoms with Crippen LogP contribution in [0.4, 0.5) is 0 Å². The molecule has 4 heteroatoms. The first kappa shape index (κ1) is 12.3. The highest BCUT2D eigenvalue weighted by atomic mass is 35.5. The average Bonchev–Trinajstić information content (AvgIpc) is 2.56. The van der Waals surface area contributed by atoms with E-state index in [-0.39, 0.29) is 18.6 Å². The molecular formula is C11H16ClNO2. The van der Waals surface area contributed by atoms with E-state index in [4.69, 9.17) is 4.74 Å². The van der Waals surface area contributed by atoms with Gasteiger partial charge >= 0.3 is 0 Å². The summed E-state index contributed by atoms with van der Waals surface area (Å²) in [5.74, 6) is 0.345. The minimum atomic E-state index is 0. The number of aromatic hydroxyl groups is 1. The SMILES string of the molecule is CC1COC(Cc2ccccc2O)N1.Cl. The van der Waals surface area contributed by atoms with Crippen LogP contribution in [0.5, 0.6) is 5.75 Å². The van der Waals surface area contributed by atoms with Crippen LogP contribution >= 0.6 is 12.4 Å². The quantitative estimate of drug-likeness (QED) is 0.811. The lowest BCUT2D eigenvalue weighted by Crippen LogP contribution is -2.29. The van der Waals surface area contributed by atoms with Crippen molar-refractivity contribution in [3.05, 3.63) is 29.8 Å². The molecule has 0 spiro atoms. The van der Waals surface area contributed by atoms with Gasteiger partial charge in [0.25, 0.3) is 0 Å². The first-order valence-electron chi connectivity index (χ1n) is 4.90. The second kappa shape index (κ2) is 5.35. The number of benzene rings is 1. The number of hydrogen-bond acceptors (Lipinski definition) is 3. The molecule has 1 aliphatic heterocycles. The lowest BCUT2D eigenvalue weighted by atomic mass is 10.1. The number of ether oxygens (including phenoxy) is 1. The van der Waals surface area contributed by atoms with E-state index in [9.17, 15) is 5.11 Å². The molecule has 1 aromatic rings. The zero-order valence-electron chi connectivity index (χ0n) is 8.64. The summed E-state index contributed by atoms with van der Waals surface area (Å²) in [7, 11) is 0. The number of para-hydroxylation sites is 1. The summed E-state index contributed by atoms with van der Waals surface area (Å²) >= 11 is 0. The average molecular weight is 230 g/mol. The Kier molecular flexibility index (Phi) is 4.39. The Labute approximate surface area is 95.9 Å². The van der Waals surface area contributed by atoms with Crippen LogP contribution in [0.25, 0.3) is 0 Å². The van der Waals surface area contributed by atoms with E-state index in [0.29, 0.717) is 11.8 Å². The van der Waals surface area contributed by atoms with Crippen LogP contribution in [0.3, 0.4) is 0 Å². The number of phenols is 1. The molecule has 1 aliphatic rings. The van der Waals surface area contributed by atoms with Crippen molar-refractivity contribution in [3.63, 3.8) is 0 Å². The molecule has 0 amide bonds. The van der Waals surface area contributed by atoms with Crippen LogP contribution in [0.15, 0.2) is 24.3 Å². The van der Waals surface area contributed by atoms with Crippen LogP contribution in [0.1, 0.15) is 12.5 Å². The third-order valence-electron chi connectivity index (χ3n) is 2.41. The molecule has 0 radical (unpaired) electrons. The number of halogens is 1. The summed E-state index contributed by atoms with van der Waals surface area (Å²) in [5, 5.41) is 12.8. The first-order chi connectivity index (χ1) is 6.75. The highest BCUT2D eigenvalue weighted by Gasteiger charge is 2.21. The van der Waals surface area contributed by atoms with Crippen molar-refractivity contribution in [2.24, 2.45) is 0 Å². The highest BCUT2D eigenvalue weighted by molar-refractivity contribution is 5.85. The summed E-state index contributed by atoms with van der Waals surface area (Å²) < 4.78 is 5.50. The van der Waals surface area contributed by atoms with Crippen molar-refractivity contribution >= 4 is 12.4 Å². The van der Waals surface area contributed by atoms with E-state index in [2.05, 4.69) is 12.2 Å². The summed E-state index contributed by atoms with van der Waals surface area (Å²) in [5.41, 5.74) is 0.930. The predicted molar refractivity (Wildman–Crippen MR) is 61.4 cm³/mol. The smallest absolute Gasteiger partial charge is 0.118 e. The van der Waals surface area contributed by atoms with Gasteiger partial charge in [-0.3, -0.25) is 5.32 Å². The largest absolute Gasteiger partial charge is 0.508 e. The van der Waals surface area contributed by atoms with Crippen molar-refractivity contribution in [1.29, 1.82) is 0 Å². The van der Waals surface area contributed by atoms with Gasteiger partial charge in [0.1, 0.15) is 12.0 Å². The van der Waals surface area contributed by atoms with Gasteiger partial charge in [0.2, 0.25) is 0 Å². The molecule has 2 atom stereocenters. The van der Waals surface area contributed by atoms with Gasteiger partial charge in [0.15, 0.2) is 0 Å². The highest BCUT2D eigenvalue weighted by Crippen LogP contribution is 2.19. The van der Waals surface area contributed by atoms with Crippen LogP contribution < -0.4 is 5.32 Å². The topological polar surface area (TPSA) is 41.5 Å². The number of hydrogen-bond donors (Lipinski definition) is 2. The van der Waals surface area contributed by atoms with E-state index >= 15 is 0 Å². The van der Waals surface area contributed by atoms with Crippen molar-refractivity contribution in [2.75, 3.05) is 6.61 Å². The van der Waals surface area contributed by atoms with Crippen molar-refractivity contribution in [2.45, 2.75) is 25.6 Å². The molecule has 15 heavy (non-hydrogen) atoms. The van der Waals surface area contributed by atoms with Crippen LogP contribution in [-0.2, 0) is 11.2 Å². The van der Waals surface area contributed by atoms with Gasteiger partial charge in [-0.15, -0.1) is 12.4 Å². The molecule has 2 N–H and O–H groups in total.